The Labute approximate surface area is 81.9 Å². The molecule has 0 heterocycles. The minimum Gasteiger partial charge on any atom is -0.385 e. The maximum absolute atomic E-state index is 9.13. The molecule has 0 aromatic rings. The monoisotopic (exact) mass is 216 g/mol. The molecule has 1 N–H and O–H groups in total. The van der Waals surface area contributed by atoms with Crippen LogP contribution in [0.5, 0.6) is 0 Å². The predicted molar refractivity (Wildman–Crippen MR) is 50.3 cm³/mol. The molecular weight excluding hydrogens is 206 g/mol. The lowest BCUT2D eigenvalue weighted by Gasteiger charge is -2.14. The Bertz CT molecular complexity index is 128. The van der Waals surface area contributed by atoms with E-state index in [1.807, 2.05) is 6.92 Å². The van der Waals surface area contributed by atoms with Crippen LogP contribution in [-0.4, -0.2) is 15.0 Å². The Morgan fingerprint density at radius 2 is 2.00 bits per heavy atom. The molecule has 0 spiro atoms. The third-order valence-electron chi connectivity index (χ3n) is 1.11. The lowest BCUT2D eigenvalue weighted by atomic mass is 10.3. The lowest BCUT2D eigenvalue weighted by molar-refractivity contribution is 0.227. The number of halogens is 3. The maximum atomic E-state index is 9.13. The first-order valence-electron chi connectivity index (χ1n) is 3.40. The van der Waals surface area contributed by atoms with Crippen LogP contribution in [0.2, 0.25) is 0 Å². The van der Waals surface area contributed by atoms with Crippen molar-refractivity contribution in [3.05, 3.63) is 12.2 Å². The van der Waals surface area contributed by atoms with E-state index in [1.54, 1.807) is 6.08 Å². The van der Waals surface area contributed by atoms with Crippen LogP contribution >= 0.6 is 34.8 Å². The molecule has 0 aliphatic heterocycles. The van der Waals surface area contributed by atoms with E-state index in [0.717, 1.165) is 12.8 Å². The summed E-state index contributed by atoms with van der Waals surface area (Å²) >= 11 is 16.2. The van der Waals surface area contributed by atoms with E-state index >= 15 is 0 Å². The second-order valence-electron chi connectivity index (χ2n) is 2.20. The van der Waals surface area contributed by atoms with Crippen LogP contribution in [-0.2, 0) is 0 Å². The number of aliphatic hydroxyl groups excluding tert-OH is 1. The topological polar surface area (TPSA) is 20.2 Å². The molecular formula is C7H11Cl3O. The van der Waals surface area contributed by atoms with Crippen LogP contribution in [0.1, 0.15) is 19.8 Å². The molecule has 0 aliphatic rings. The molecule has 0 bridgehead atoms. The van der Waals surface area contributed by atoms with Gasteiger partial charge in [-0.1, -0.05) is 60.3 Å². The fourth-order valence-electron chi connectivity index (χ4n) is 0.501. The smallest absolute Gasteiger partial charge is 0.219 e. The van der Waals surface area contributed by atoms with E-state index in [9.17, 15) is 0 Å². The van der Waals surface area contributed by atoms with E-state index in [2.05, 4.69) is 0 Å². The summed E-state index contributed by atoms with van der Waals surface area (Å²) in [6, 6.07) is 0. The van der Waals surface area contributed by atoms with Crippen LogP contribution < -0.4 is 0 Å². The average molecular weight is 218 g/mol. The molecule has 1 atom stereocenters. The number of hydrogen-bond acceptors (Lipinski definition) is 1. The van der Waals surface area contributed by atoms with Gasteiger partial charge in [-0.2, -0.15) is 0 Å². The van der Waals surface area contributed by atoms with Crippen molar-refractivity contribution in [2.75, 3.05) is 0 Å². The van der Waals surface area contributed by atoms with Crippen molar-refractivity contribution in [2.45, 2.75) is 29.7 Å². The minimum absolute atomic E-state index is 0.887. The highest BCUT2D eigenvalue weighted by atomic mass is 35.6. The van der Waals surface area contributed by atoms with Crippen molar-refractivity contribution in [1.82, 2.24) is 0 Å². The van der Waals surface area contributed by atoms with Gasteiger partial charge in [0.2, 0.25) is 3.79 Å². The van der Waals surface area contributed by atoms with Crippen molar-refractivity contribution in [3.63, 3.8) is 0 Å². The van der Waals surface area contributed by atoms with Crippen LogP contribution in [0.25, 0.3) is 0 Å². The molecule has 1 nitrogen and oxygen atoms in total. The minimum atomic E-state index is -1.61. The van der Waals surface area contributed by atoms with E-state index in [-0.39, 0.29) is 0 Å². The first-order chi connectivity index (χ1) is 4.98. The quantitative estimate of drug-likeness (QED) is 0.569. The van der Waals surface area contributed by atoms with Gasteiger partial charge < -0.3 is 5.11 Å². The van der Waals surface area contributed by atoms with Crippen LogP contribution in [0, 0.1) is 0 Å². The van der Waals surface area contributed by atoms with Crippen molar-refractivity contribution in [1.29, 1.82) is 0 Å². The Kier molecular flexibility index (Phi) is 5.53. The van der Waals surface area contributed by atoms with Crippen molar-refractivity contribution in [2.24, 2.45) is 0 Å². The van der Waals surface area contributed by atoms with E-state index in [4.69, 9.17) is 39.9 Å². The van der Waals surface area contributed by atoms with Crippen LogP contribution in [0.15, 0.2) is 12.2 Å². The van der Waals surface area contributed by atoms with Gasteiger partial charge in [-0.05, 0) is 6.42 Å². The standard InChI is InChI=1S/C7H11Cl3O/c1-2-3-4-5-6(11)7(8,9)10/h4-6,11H,2-3H2,1H3. The Hall–Kier alpha value is 0.570. The summed E-state index contributed by atoms with van der Waals surface area (Å²) in [5.41, 5.74) is 0. The Balaban J connectivity index is 3.77. The Morgan fingerprint density at radius 3 is 2.36 bits per heavy atom. The highest BCUT2D eigenvalue weighted by Gasteiger charge is 2.27. The SMILES string of the molecule is CCCC=CC(O)C(Cl)(Cl)Cl. The fraction of sp³-hybridized carbons (Fsp3) is 0.714. The largest absolute Gasteiger partial charge is 0.385 e. The first kappa shape index (κ1) is 11.6. The number of aliphatic hydroxyl groups is 1. The van der Waals surface area contributed by atoms with Gasteiger partial charge in [0, 0.05) is 0 Å². The third-order valence-corrected chi connectivity index (χ3v) is 1.78. The summed E-state index contributed by atoms with van der Waals surface area (Å²) in [7, 11) is 0. The number of allylic oxidation sites excluding steroid dienone is 1. The van der Waals surface area contributed by atoms with Gasteiger partial charge in [-0.15, -0.1) is 0 Å². The number of unbranched alkanes of at least 4 members (excludes halogenated alkanes) is 1. The lowest BCUT2D eigenvalue weighted by Crippen LogP contribution is -2.22. The van der Waals surface area contributed by atoms with Crippen molar-refractivity contribution >= 4 is 34.8 Å². The highest BCUT2D eigenvalue weighted by Crippen LogP contribution is 2.30. The molecule has 1 unspecified atom stereocenters. The summed E-state index contributed by atoms with van der Waals surface area (Å²) in [5, 5.41) is 9.13. The molecule has 0 aromatic heterocycles. The molecule has 4 heteroatoms. The summed E-state index contributed by atoms with van der Waals surface area (Å²) in [6.45, 7) is 2.03. The zero-order valence-corrected chi connectivity index (χ0v) is 8.50. The second kappa shape index (κ2) is 5.26. The van der Waals surface area contributed by atoms with Crippen LogP contribution in [0.3, 0.4) is 0 Å². The van der Waals surface area contributed by atoms with Crippen molar-refractivity contribution < 1.29 is 5.11 Å². The van der Waals surface area contributed by atoms with Gasteiger partial charge in [0.1, 0.15) is 6.10 Å². The zero-order chi connectivity index (χ0) is 8.91. The van der Waals surface area contributed by atoms with E-state index < -0.39 is 9.90 Å². The van der Waals surface area contributed by atoms with Gasteiger partial charge in [-0.3, -0.25) is 0 Å². The van der Waals surface area contributed by atoms with Gasteiger partial charge in [-0.25, -0.2) is 0 Å². The zero-order valence-electron chi connectivity index (χ0n) is 6.23. The molecule has 0 aromatic carbocycles. The van der Waals surface area contributed by atoms with Gasteiger partial charge in [0.05, 0.1) is 0 Å². The number of rotatable bonds is 3. The third kappa shape index (κ3) is 5.80. The molecule has 0 aliphatic carbocycles. The molecule has 0 saturated heterocycles. The number of hydrogen-bond donors (Lipinski definition) is 1. The van der Waals surface area contributed by atoms with Gasteiger partial charge in [0.15, 0.2) is 0 Å². The summed E-state index contributed by atoms with van der Waals surface area (Å²) in [5.74, 6) is 0. The fourth-order valence-corrected chi connectivity index (χ4v) is 0.719. The molecule has 0 fully saturated rings. The van der Waals surface area contributed by atoms with E-state index in [1.165, 1.54) is 6.08 Å². The molecule has 11 heavy (non-hydrogen) atoms. The van der Waals surface area contributed by atoms with Crippen LogP contribution in [0.4, 0.5) is 0 Å². The Morgan fingerprint density at radius 1 is 1.45 bits per heavy atom. The summed E-state index contributed by atoms with van der Waals surface area (Å²) < 4.78 is -1.61. The normalized spacial score (nSPS) is 15.7. The van der Waals surface area contributed by atoms with E-state index in [0.29, 0.717) is 0 Å². The molecule has 0 amide bonds. The maximum Gasteiger partial charge on any atom is 0.219 e. The second-order valence-corrected chi connectivity index (χ2v) is 4.57. The summed E-state index contributed by atoms with van der Waals surface area (Å²) in [4.78, 5) is 0. The summed E-state index contributed by atoms with van der Waals surface area (Å²) in [6.07, 6.45) is 4.18. The van der Waals surface area contributed by atoms with Gasteiger partial charge in [0.25, 0.3) is 0 Å². The average Bonchev–Trinajstić information content (AvgIpc) is 1.86. The first-order valence-corrected chi connectivity index (χ1v) is 4.53. The molecule has 0 rings (SSSR count). The molecule has 0 saturated carbocycles. The van der Waals surface area contributed by atoms with Gasteiger partial charge >= 0.3 is 0 Å². The predicted octanol–water partition coefficient (Wildman–Crippen LogP) is 3.07. The molecule has 0 radical (unpaired) electrons. The highest BCUT2D eigenvalue weighted by molar-refractivity contribution is 6.68. The number of alkyl halides is 3. The molecule has 66 valence electrons. The van der Waals surface area contributed by atoms with Crippen molar-refractivity contribution in [3.8, 4) is 0 Å².